The molecule has 3 rings (SSSR count). The maximum absolute atomic E-state index is 12.4. The Morgan fingerprint density at radius 1 is 1.24 bits per heavy atom. The second kappa shape index (κ2) is 7.99. The van der Waals surface area contributed by atoms with Crippen LogP contribution < -0.4 is 14.8 Å². The number of rotatable bonds is 6. The monoisotopic (exact) mass is 438 g/mol. The molecule has 1 amide bonds. The molecule has 0 saturated heterocycles. The Balaban J connectivity index is 1.70. The summed E-state index contributed by atoms with van der Waals surface area (Å²) in [4.78, 5) is 17.8. The number of carbonyl (C=O) groups is 1. The van der Waals surface area contributed by atoms with Gasteiger partial charge in [-0.25, -0.2) is 4.98 Å². The largest absolute Gasteiger partial charge is 0.493 e. The van der Waals surface area contributed by atoms with Crippen LogP contribution in [0.15, 0.2) is 39.5 Å². The standard InChI is InChI=1S/C17H15BrN2O3S2/c1-22-13-5-3-4-10(15(13)23-2)7-19-16(21)12-9-25-17(20-12)14-6-11(18)8-24-14/h3-6,8-9H,7H2,1-2H3,(H,19,21). The van der Waals surface area contributed by atoms with Crippen molar-refractivity contribution in [2.75, 3.05) is 14.2 Å². The first-order valence-electron chi connectivity index (χ1n) is 7.30. The molecule has 0 unspecified atom stereocenters. The number of benzene rings is 1. The highest BCUT2D eigenvalue weighted by Gasteiger charge is 2.15. The molecule has 0 fully saturated rings. The van der Waals surface area contributed by atoms with Gasteiger partial charge in [0.2, 0.25) is 0 Å². The summed E-state index contributed by atoms with van der Waals surface area (Å²) in [7, 11) is 3.16. The van der Waals surface area contributed by atoms with Crippen LogP contribution in [0.2, 0.25) is 0 Å². The molecular formula is C17H15BrN2O3S2. The maximum Gasteiger partial charge on any atom is 0.271 e. The summed E-state index contributed by atoms with van der Waals surface area (Å²) in [6.07, 6.45) is 0. The van der Waals surface area contributed by atoms with E-state index in [0.717, 1.165) is 19.9 Å². The number of para-hydroxylation sites is 1. The summed E-state index contributed by atoms with van der Waals surface area (Å²) in [6, 6.07) is 7.55. The zero-order chi connectivity index (χ0) is 17.8. The molecule has 1 N–H and O–H groups in total. The van der Waals surface area contributed by atoms with Crippen LogP contribution in [0.3, 0.4) is 0 Å². The Hall–Kier alpha value is -1.90. The van der Waals surface area contributed by atoms with E-state index in [1.54, 1.807) is 30.9 Å². The Bertz CT molecular complexity index is 892. The van der Waals surface area contributed by atoms with E-state index in [1.165, 1.54) is 11.3 Å². The van der Waals surface area contributed by atoms with Crippen molar-refractivity contribution in [3.63, 3.8) is 0 Å². The maximum atomic E-state index is 12.4. The fourth-order valence-corrected chi connectivity index (χ4v) is 4.58. The molecule has 3 aromatic rings. The van der Waals surface area contributed by atoms with E-state index in [2.05, 4.69) is 26.2 Å². The number of nitrogens with zero attached hydrogens (tertiary/aromatic N) is 1. The van der Waals surface area contributed by atoms with Gasteiger partial charge < -0.3 is 14.8 Å². The van der Waals surface area contributed by atoms with Crippen LogP contribution >= 0.6 is 38.6 Å². The van der Waals surface area contributed by atoms with Crippen LogP contribution in [-0.4, -0.2) is 25.1 Å². The molecule has 5 nitrogen and oxygen atoms in total. The molecule has 2 heterocycles. The number of nitrogens with one attached hydrogen (secondary N) is 1. The second-order valence-electron chi connectivity index (χ2n) is 5.00. The third kappa shape index (κ3) is 4.02. The van der Waals surface area contributed by atoms with E-state index in [0.29, 0.717) is 23.7 Å². The molecule has 8 heteroatoms. The SMILES string of the molecule is COc1cccc(CNC(=O)c2csc(-c3cc(Br)cs3)n2)c1OC. The van der Waals surface area contributed by atoms with Crippen LogP contribution in [0.1, 0.15) is 16.1 Å². The number of thiophene rings is 1. The Morgan fingerprint density at radius 2 is 2.08 bits per heavy atom. The van der Waals surface area contributed by atoms with Crippen molar-refractivity contribution in [3.05, 3.63) is 50.8 Å². The molecule has 0 aliphatic heterocycles. The summed E-state index contributed by atoms with van der Waals surface area (Å²) in [5, 5.41) is 7.46. The van der Waals surface area contributed by atoms with Gasteiger partial charge in [-0.3, -0.25) is 4.79 Å². The highest BCUT2D eigenvalue weighted by atomic mass is 79.9. The van der Waals surface area contributed by atoms with E-state index in [4.69, 9.17) is 9.47 Å². The molecule has 25 heavy (non-hydrogen) atoms. The Kier molecular flexibility index (Phi) is 5.72. The predicted molar refractivity (Wildman–Crippen MR) is 104 cm³/mol. The topological polar surface area (TPSA) is 60.5 Å². The van der Waals surface area contributed by atoms with E-state index >= 15 is 0 Å². The average molecular weight is 439 g/mol. The van der Waals surface area contributed by atoms with Crippen molar-refractivity contribution in [2.24, 2.45) is 0 Å². The zero-order valence-electron chi connectivity index (χ0n) is 13.5. The number of carbonyl (C=O) groups excluding carboxylic acids is 1. The second-order valence-corrected chi connectivity index (χ2v) is 7.69. The van der Waals surface area contributed by atoms with Crippen molar-refractivity contribution in [1.29, 1.82) is 0 Å². The minimum Gasteiger partial charge on any atom is -0.493 e. The number of thiazole rings is 1. The molecule has 0 atom stereocenters. The van der Waals surface area contributed by atoms with E-state index in [1.807, 2.05) is 29.6 Å². The van der Waals surface area contributed by atoms with Crippen LogP contribution in [0.4, 0.5) is 0 Å². The van der Waals surface area contributed by atoms with Gasteiger partial charge in [-0.1, -0.05) is 12.1 Å². The number of methoxy groups -OCH3 is 2. The minimum absolute atomic E-state index is 0.219. The molecule has 130 valence electrons. The molecule has 0 radical (unpaired) electrons. The van der Waals surface area contributed by atoms with Crippen LogP contribution in [0.5, 0.6) is 11.5 Å². The number of hydrogen-bond acceptors (Lipinski definition) is 6. The Labute approximate surface area is 161 Å². The van der Waals surface area contributed by atoms with Gasteiger partial charge in [-0.2, -0.15) is 0 Å². The summed E-state index contributed by atoms with van der Waals surface area (Å²) >= 11 is 6.47. The van der Waals surface area contributed by atoms with Crippen LogP contribution in [-0.2, 0) is 6.54 Å². The molecular weight excluding hydrogens is 424 g/mol. The normalized spacial score (nSPS) is 10.5. The lowest BCUT2D eigenvalue weighted by Crippen LogP contribution is -2.23. The van der Waals surface area contributed by atoms with Gasteiger partial charge in [0.05, 0.1) is 19.1 Å². The molecule has 1 aromatic carbocycles. The third-order valence-electron chi connectivity index (χ3n) is 3.44. The average Bonchev–Trinajstić information content (AvgIpc) is 3.28. The quantitative estimate of drug-likeness (QED) is 0.611. The van der Waals surface area contributed by atoms with Crippen molar-refractivity contribution in [2.45, 2.75) is 6.54 Å². The van der Waals surface area contributed by atoms with E-state index in [9.17, 15) is 4.79 Å². The summed E-state index contributed by atoms with van der Waals surface area (Å²) < 4.78 is 11.7. The van der Waals surface area contributed by atoms with E-state index < -0.39 is 0 Å². The van der Waals surface area contributed by atoms with Gasteiger partial charge in [0.1, 0.15) is 10.7 Å². The van der Waals surface area contributed by atoms with Crippen LogP contribution in [0, 0.1) is 0 Å². The van der Waals surface area contributed by atoms with Gasteiger partial charge in [0.25, 0.3) is 5.91 Å². The zero-order valence-corrected chi connectivity index (χ0v) is 16.8. The predicted octanol–water partition coefficient (Wildman–Crippen LogP) is 4.58. The lowest BCUT2D eigenvalue weighted by Gasteiger charge is -2.12. The highest BCUT2D eigenvalue weighted by Crippen LogP contribution is 2.32. The fourth-order valence-electron chi connectivity index (χ4n) is 2.28. The summed E-state index contributed by atoms with van der Waals surface area (Å²) in [5.41, 5.74) is 1.25. The molecule has 0 saturated carbocycles. The van der Waals surface area contributed by atoms with Crippen molar-refractivity contribution < 1.29 is 14.3 Å². The molecule has 0 spiro atoms. The third-order valence-corrected chi connectivity index (χ3v) is 6.14. The number of ether oxygens (including phenoxy) is 2. The summed E-state index contributed by atoms with van der Waals surface area (Å²) in [6.45, 7) is 0.330. The van der Waals surface area contributed by atoms with Crippen molar-refractivity contribution in [3.8, 4) is 21.4 Å². The number of aromatic nitrogens is 1. The Morgan fingerprint density at radius 3 is 2.76 bits per heavy atom. The molecule has 0 aliphatic carbocycles. The van der Waals surface area contributed by atoms with Gasteiger partial charge in [0, 0.05) is 27.3 Å². The summed E-state index contributed by atoms with van der Waals surface area (Å²) in [5.74, 6) is 1.03. The molecule has 0 bridgehead atoms. The first kappa shape index (κ1) is 17.9. The van der Waals surface area contributed by atoms with Crippen molar-refractivity contribution in [1.82, 2.24) is 10.3 Å². The van der Waals surface area contributed by atoms with Gasteiger partial charge in [-0.05, 0) is 28.1 Å². The molecule has 0 aliphatic rings. The first-order valence-corrected chi connectivity index (χ1v) is 9.85. The smallest absolute Gasteiger partial charge is 0.271 e. The van der Waals surface area contributed by atoms with Crippen molar-refractivity contribution >= 4 is 44.5 Å². The minimum atomic E-state index is -0.219. The van der Waals surface area contributed by atoms with Gasteiger partial charge in [-0.15, -0.1) is 22.7 Å². The number of hydrogen-bond donors (Lipinski definition) is 1. The molecule has 2 aromatic heterocycles. The number of halogens is 1. The van der Waals surface area contributed by atoms with Gasteiger partial charge >= 0.3 is 0 Å². The first-order chi connectivity index (χ1) is 12.1. The lowest BCUT2D eigenvalue weighted by atomic mass is 10.2. The van der Waals surface area contributed by atoms with E-state index in [-0.39, 0.29) is 5.91 Å². The van der Waals surface area contributed by atoms with Crippen LogP contribution in [0.25, 0.3) is 9.88 Å². The lowest BCUT2D eigenvalue weighted by molar-refractivity contribution is 0.0946. The number of amides is 1. The fraction of sp³-hybridized carbons (Fsp3) is 0.176. The highest BCUT2D eigenvalue weighted by molar-refractivity contribution is 9.10. The van der Waals surface area contributed by atoms with Gasteiger partial charge in [0.15, 0.2) is 11.5 Å².